The molecule has 1 aromatic carbocycles. The topological polar surface area (TPSA) is 97.0 Å². The van der Waals surface area contributed by atoms with Crippen LogP contribution in [0.15, 0.2) is 35.5 Å². The Balaban J connectivity index is 1.79. The Morgan fingerprint density at radius 2 is 1.90 bits per heavy atom. The number of methoxy groups -OCH3 is 1. The number of anilines is 1. The van der Waals surface area contributed by atoms with Crippen molar-refractivity contribution in [3.05, 3.63) is 41.1 Å². The molecule has 0 bridgehead atoms. The van der Waals surface area contributed by atoms with Crippen LogP contribution in [0.5, 0.6) is 0 Å². The van der Waals surface area contributed by atoms with Crippen LogP contribution in [0.3, 0.4) is 0 Å². The van der Waals surface area contributed by atoms with Gasteiger partial charge in [0.15, 0.2) is 0 Å². The Morgan fingerprint density at radius 3 is 2.48 bits per heavy atom. The number of urea groups is 1. The van der Waals surface area contributed by atoms with Crippen LogP contribution in [0.1, 0.15) is 37.8 Å². The number of ether oxygens (including phenoxy) is 2. The lowest BCUT2D eigenvalue weighted by molar-refractivity contribution is -0.141. The standard InChI is InChI=1S/C21H27N3O5/c1-13-17(20(26)29-12-11-28-3)18(23-21(27)24(13)2)14-7-9-16(10-8-14)22-19(25)15-5-4-6-15/h7-10,15,18H,4-6,11-12H2,1-3H3,(H,22,25)(H,23,27)/t18-/m1/s1. The van der Waals surface area contributed by atoms with Crippen LogP contribution in [-0.4, -0.2) is 50.2 Å². The summed E-state index contributed by atoms with van der Waals surface area (Å²) in [6.07, 6.45) is 2.97. The van der Waals surface area contributed by atoms with Gasteiger partial charge in [-0.2, -0.15) is 0 Å². The van der Waals surface area contributed by atoms with Gasteiger partial charge in [0.25, 0.3) is 0 Å². The minimum absolute atomic E-state index is 0.0368. The van der Waals surface area contributed by atoms with Crippen LogP contribution in [0.4, 0.5) is 10.5 Å². The number of carbonyl (C=O) groups is 3. The number of nitrogens with zero attached hydrogens (tertiary/aromatic N) is 1. The number of carbonyl (C=O) groups excluding carboxylic acids is 3. The van der Waals surface area contributed by atoms with Gasteiger partial charge in [0.05, 0.1) is 18.2 Å². The van der Waals surface area contributed by atoms with E-state index >= 15 is 0 Å². The summed E-state index contributed by atoms with van der Waals surface area (Å²) in [6.45, 7) is 2.13. The zero-order valence-corrected chi connectivity index (χ0v) is 17.0. The Kier molecular flexibility index (Phi) is 6.53. The summed E-state index contributed by atoms with van der Waals surface area (Å²) >= 11 is 0. The van der Waals surface area contributed by atoms with E-state index < -0.39 is 12.0 Å². The van der Waals surface area contributed by atoms with Gasteiger partial charge in [0, 0.05) is 31.5 Å². The number of hydrogen-bond acceptors (Lipinski definition) is 5. The first-order chi connectivity index (χ1) is 13.9. The minimum Gasteiger partial charge on any atom is -0.460 e. The summed E-state index contributed by atoms with van der Waals surface area (Å²) in [6, 6.07) is 6.21. The molecule has 1 aliphatic carbocycles. The molecule has 1 heterocycles. The summed E-state index contributed by atoms with van der Waals surface area (Å²) in [4.78, 5) is 38.5. The highest BCUT2D eigenvalue weighted by atomic mass is 16.6. The maximum atomic E-state index is 12.7. The molecule has 3 amide bonds. The number of nitrogens with one attached hydrogen (secondary N) is 2. The van der Waals surface area contributed by atoms with Gasteiger partial charge in [-0.1, -0.05) is 18.6 Å². The van der Waals surface area contributed by atoms with Crippen molar-refractivity contribution in [3.63, 3.8) is 0 Å². The maximum Gasteiger partial charge on any atom is 0.338 e. The number of esters is 1. The second-order valence-corrected chi connectivity index (χ2v) is 7.31. The van der Waals surface area contributed by atoms with Crippen LogP contribution < -0.4 is 10.6 Å². The van der Waals surface area contributed by atoms with Crippen LogP contribution in [0, 0.1) is 5.92 Å². The zero-order valence-electron chi connectivity index (χ0n) is 17.0. The maximum absolute atomic E-state index is 12.7. The molecule has 1 aliphatic heterocycles. The van der Waals surface area contributed by atoms with Crippen molar-refractivity contribution in [2.24, 2.45) is 5.92 Å². The highest BCUT2D eigenvalue weighted by Crippen LogP contribution is 2.32. The molecule has 1 atom stereocenters. The summed E-state index contributed by atoms with van der Waals surface area (Å²) in [5.41, 5.74) is 2.32. The molecule has 1 aromatic rings. The molecule has 29 heavy (non-hydrogen) atoms. The van der Waals surface area contributed by atoms with Crippen molar-refractivity contribution >= 4 is 23.6 Å². The number of benzene rings is 1. The summed E-state index contributed by atoms with van der Waals surface area (Å²) in [5, 5.41) is 5.76. The van der Waals surface area contributed by atoms with Gasteiger partial charge in [0.2, 0.25) is 5.91 Å². The number of hydrogen-bond donors (Lipinski definition) is 2. The second kappa shape index (κ2) is 9.09. The van der Waals surface area contributed by atoms with E-state index in [-0.39, 0.29) is 24.5 Å². The van der Waals surface area contributed by atoms with Gasteiger partial charge in [-0.25, -0.2) is 9.59 Å². The Morgan fingerprint density at radius 1 is 1.21 bits per heavy atom. The molecule has 0 aromatic heterocycles. The van der Waals surface area contributed by atoms with E-state index in [1.54, 1.807) is 38.2 Å². The molecule has 2 aliphatic rings. The van der Waals surface area contributed by atoms with Crippen molar-refractivity contribution in [3.8, 4) is 0 Å². The second-order valence-electron chi connectivity index (χ2n) is 7.31. The lowest BCUT2D eigenvalue weighted by Crippen LogP contribution is -2.46. The van der Waals surface area contributed by atoms with Gasteiger partial charge in [-0.05, 0) is 37.5 Å². The number of rotatable bonds is 7. The first-order valence-electron chi connectivity index (χ1n) is 9.74. The quantitative estimate of drug-likeness (QED) is 0.541. The van der Waals surface area contributed by atoms with E-state index in [1.165, 1.54) is 12.0 Å². The Hall–Kier alpha value is -2.87. The molecular weight excluding hydrogens is 374 g/mol. The molecule has 0 unspecified atom stereocenters. The van der Waals surface area contributed by atoms with Crippen molar-refractivity contribution in [2.45, 2.75) is 32.2 Å². The highest BCUT2D eigenvalue weighted by molar-refractivity contribution is 5.95. The van der Waals surface area contributed by atoms with E-state index in [0.29, 0.717) is 23.6 Å². The van der Waals surface area contributed by atoms with Gasteiger partial charge in [-0.3, -0.25) is 4.79 Å². The molecule has 8 heteroatoms. The van der Waals surface area contributed by atoms with E-state index in [2.05, 4.69) is 10.6 Å². The highest BCUT2D eigenvalue weighted by Gasteiger charge is 2.35. The smallest absolute Gasteiger partial charge is 0.338 e. The molecule has 1 saturated carbocycles. The Labute approximate surface area is 170 Å². The predicted molar refractivity (Wildman–Crippen MR) is 107 cm³/mol. The van der Waals surface area contributed by atoms with Crippen LogP contribution in [-0.2, 0) is 19.1 Å². The lowest BCUT2D eigenvalue weighted by atomic mass is 9.85. The zero-order chi connectivity index (χ0) is 21.0. The van der Waals surface area contributed by atoms with E-state index in [0.717, 1.165) is 24.8 Å². The predicted octanol–water partition coefficient (Wildman–Crippen LogP) is 2.58. The van der Waals surface area contributed by atoms with Crippen LogP contribution in [0.2, 0.25) is 0 Å². The first kappa shape index (κ1) is 20.9. The fourth-order valence-electron chi connectivity index (χ4n) is 3.32. The average molecular weight is 401 g/mol. The lowest BCUT2D eigenvalue weighted by Gasteiger charge is -2.33. The normalized spacial score (nSPS) is 19.5. The molecule has 1 fully saturated rings. The molecule has 0 saturated heterocycles. The first-order valence-corrected chi connectivity index (χ1v) is 9.74. The van der Waals surface area contributed by atoms with Gasteiger partial charge in [-0.15, -0.1) is 0 Å². The monoisotopic (exact) mass is 401 g/mol. The largest absolute Gasteiger partial charge is 0.460 e. The van der Waals surface area contributed by atoms with Crippen LogP contribution >= 0.6 is 0 Å². The van der Waals surface area contributed by atoms with E-state index in [9.17, 15) is 14.4 Å². The molecular formula is C21H27N3O5. The fraction of sp³-hybridized carbons (Fsp3) is 0.476. The molecule has 0 spiro atoms. The number of allylic oxidation sites excluding steroid dienone is 1. The SMILES string of the molecule is COCCOC(=O)C1=C(C)N(C)C(=O)N[C@@H]1c1ccc(NC(=O)C2CCC2)cc1. The Bertz CT molecular complexity index is 814. The van der Waals surface area contributed by atoms with Gasteiger partial charge < -0.3 is 25.0 Å². The number of amides is 3. The van der Waals surface area contributed by atoms with Crippen molar-refractivity contribution in [1.82, 2.24) is 10.2 Å². The molecule has 0 radical (unpaired) electrons. The molecule has 3 rings (SSSR count). The fourth-order valence-corrected chi connectivity index (χ4v) is 3.32. The van der Waals surface area contributed by atoms with Crippen molar-refractivity contribution in [2.75, 3.05) is 32.7 Å². The van der Waals surface area contributed by atoms with Gasteiger partial charge >= 0.3 is 12.0 Å². The van der Waals surface area contributed by atoms with E-state index in [4.69, 9.17) is 9.47 Å². The summed E-state index contributed by atoms with van der Waals surface area (Å²) in [5.74, 6) is -0.365. The molecule has 8 nitrogen and oxygen atoms in total. The molecule has 2 N–H and O–H groups in total. The van der Waals surface area contributed by atoms with Gasteiger partial charge in [0.1, 0.15) is 6.61 Å². The molecule has 156 valence electrons. The summed E-state index contributed by atoms with van der Waals surface area (Å²) in [7, 11) is 3.13. The van der Waals surface area contributed by atoms with E-state index in [1.807, 2.05) is 0 Å². The average Bonchev–Trinajstić information content (AvgIpc) is 2.65. The van der Waals surface area contributed by atoms with Crippen molar-refractivity contribution in [1.29, 1.82) is 0 Å². The minimum atomic E-state index is -0.634. The third-order valence-corrected chi connectivity index (χ3v) is 5.48. The third-order valence-electron chi connectivity index (χ3n) is 5.48. The third kappa shape index (κ3) is 4.59. The van der Waals surface area contributed by atoms with Crippen LogP contribution in [0.25, 0.3) is 0 Å². The summed E-state index contributed by atoms with van der Waals surface area (Å²) < 4.78 is 10.2. The van der Waals surface area contributed by atoms with Crippen molar-refractivity contribution < 1.29 is 23.9 Å².